The van der Waals surface area contributed by atoms with Crippen LogP contribution >= 0.6 is 23.4 Å². The summed E-state index contributed by atoms with van der Waals surface area (Å²) in [7, 11) is 1.57. The Labute approximate surface area is 128 Å². The highest BCUT2D eigenvalue weighted by atomic mass is 35.5. The predicted molar refractivity (Wildman–Crippen MR) is 82.3 cm³/mol. The maximum atomic E-state index is 11.8. The Bertz CT molecular complexity index is 411. The molecule has 0 spiro atoms. The number of rotatable bonds is 9. The number of thioether (sulfide) groups is 1. The van der Waals surface area contributed by atoms with E-state index in [1.54, 1.807) is 18.9 Å². The lowest BCUT2D eigenvalue weighted by atomic mass is 10.2. The average molecular weight is 318 g/mol. The normalized spacial score (nSPS) is 12.2. The van der Waals surface area contributed by atoms with Gasteiger partial charge in [-0.25, -0.2) is 0 Å². The number of aliphatic hydroxyl groups is 1. The fourth-order valence-electron chi connectivity index (χ4n) is 1.67. The Kier molecular flexibility index (Phi) is 8.69. The smallest absolute Gasteiger partial charge is 0.221 e. The van der Waals surface area contributed by atoms with Gasteiger partial charge in [-0.15, -0.1) is 11.8 Å². The van der Waals surface area contributed by atoms with Crippen LogP contribution in [0, 0.1) is 0 Å². The van der Waals surface area contributed by atoms with Crippen molar-refractivity contribution in [2.45, 2.75) is 23.8 Å². The third-order valence-corrected chi connectivity index (χ3v) is 4.15. The maximum absolute atomic E-state index is 11.8. The van der Waals surface area contributed by atoms with Crippen molar-refractivity contribution in [3.63, 3.8) is 0 Å². The summed E-state index contributed by atoms with van der Waals surface area (Å²) in [6.45, 7) is 0.437. The highest BCUT2D eigenvalue weighted by molar-refractivity contribution is 7.99. The second-order valence-electron chi connectivity index (χ2n) is 4.26. The molecule has 0 heterocycles. The number of hydrogen-bond acceptors (Lipinski definition) is 4. The summed E-state index contributed by atoms with van der Waals surface area (Å²) in [5.74, 6) is 0.619. The Morgan fingerprint density at radius 3 is 2.90 bits per heavy atom. The minimum absolute atomic E-state index is 0.0304. The third-order valence-electron chi connectivity index (χ3n) is 2.63. The standard InChI is InChI=1S/C14H20ClNO3S/c1-19-10-11(6-8-17)16-14(18)7-9-20-13-5-3-2-4-12(13)15/h2-5,11,17H,6-10H2,1H3,(H,16,18). The molecule has 0 bridgehead atoms. The number of amides is 1. The second-order valence-corrected chi connectivity index (χ2v) is 5.80. The number of carbonyl (C=O) groups excluding carboxylic acids is 1. The first-order chi connectivity index (χ1) is 9.67. The molecular formula is C14H20ClNO3S. The van der Waals surface area contributed by atoms with Crippen molar-refractivity contribution < 1.29 is 14.6 Å². The van der Waals surface area contributed by atoms with Crippen molar-refractivity contribution in [2.75, 3.05) is 26.1 Å². The van der Waals surface area contributed by atoms with Crippen LogP contribution in [-0.4, -0.2) is 43.1 Å². The van der Waals surface area contributed by atoms with Gasteiger partial charge in [-0.05, 0) is 18.6 Å². The van der Waals surface area contributed by atoms with E-state index in [4.69, 9.17) is 21.4 Å². The van der Waals surface area contributed by atoms with Gasteiger partial charge in [0, 0.05) is 30.8 Å². The van der Waals surface area contributed by atoms with Crippen LogP contribution in [0.3, 0.4) is 0 Å². The molecule has 1 aromatic rings. The van der Waals surface area contributed by atoms with Crippen LogP contribution in [0.1, 0.15) is 12.8 Å². The summed E-state index contributed by atoms with van der Waals surface area (Å²) in [5, 5.41) is 12.5. The van der Waals surface area contributed by atoms with Gasteiger partial charge < -0.3 is 15.2 Å². The molecule has 0 radical (unpaired) electrons. The fraction of sp³-hybridized carbons (Fsp3) is 0.500. The van der Waals surface area contributed by atoms with Crippen LogP contribution in [0.15, 0.2) is 29.2 Å². The van der Waals surface area contributed by atoms with Crippen molar-refractivity contribution >= 4 is 29.3 Å². The molecule has 1 unspecified atom stereocenters. The van der Waals surface area contributed by atoms with Gasteiger partial charge in [-0.3, -0.25) is 4.79 Å². The quantitative estimate of drug-likeness (QED) is 0.686. The molecule has 0 fully saturated rings. The summed E-state index contributed by atoms with van der Waals surface area (Å²) in [6, 6.07) is 7.43. The van der Waals surface area contributed by atoms with E-state index in [-0.39, 0.29) is 18.6 Å². The minimum atomic E-state index is -0.136. The highest BCUT2D eigenvalue weighted by Gasteiger charge is 2.11. The molecule has 1 amide bonds. The zero-order valence-electron chi connectivity index (χ0n) is 11.5. The SMILES string of the molecule is COCC(CCO)NC(=O)CCSc1ccccc1Cl. The lowest BCUT2D eigenvalue weighted by Gasteiger charge is -2.16. The molecule has 2 N–H and O–H groups in total. The summed E-state index contributed by atoms with van der Waals surface area (Å²) >= 11 is 7.60. The van der Waals surface area contributed by atoms with E-state index in [9.17, 15) is 4.79 Å². The minimum Gasteiger partial charge on any atom is -0.396 e. The lowest BCUT2D eigenvalue weighted by Crippen LogP contribution is -2.38. The van der Waals surface area contributed by atoms with Gasteiger partial charge in [0.05, 0.1) is 17.7 Å². The summed E-state index contributed by atoms with van der Waals surface area (Å²) in [6.07, 6.45) is 0.902. The number of ether oxygens (including phenoxy) is 1. The van der Waals surface area contributed by atoms with E-state index in [0.29, 0.717) is 30.2 Å². The zero-order valence-corrected chi connectivity index (χ0v) is 13.0. The number of hydrogen-bond donors (Lipinski definition) is 2. The Balaban J connectivity index is 2.30. The number of benzene rings is 1. The van der Waals surface area contributed by atoms with Crippen molar-refractivity contribution in [1.29, 1.82) is 0 Å². The summed E-state index contributed by atoms with van der Waals surface area (Å²) in [5.41, 5.74) is 0. The Morgan fingerprint density at radius 2 is 2.25 bits per heavy atom. The van der Waals surface area contributed by atoms with Crippen molar-refractivity contribution in [3.8, 4) is 0 Å². The predicted octanol–water partition coefficient (Wildman–Crippen LogP) is 2.34. The van der Waals surface area contributed by atoms with Crippen molar-refractivity contribution in [1.82, 2.24) is 5.32 Å². The molecule has 112 valence electrons. The third kappa shape index (κ3) is 6.61. The first kappa shape index (κ1) is 17.3. The van der Waals surface area contributed by atoms with Gasteiger partial charge >= 0.3 is 0 Å². The Hall–Kier alpha value is -0.750. The highest BCUT2D eigenvalue weighted by Crippen LogP contribution is 2.26. The maximum Gasteiger partial charge on any atom is 0.221 e. The second kappa shape index (κ2) is 10.0. The van der Waals surface area contributed by atoms with E-state index in [1.165, 1.54) is 0 Å². The van der Waals surface area contributed by atoms with Gasteiger partial charge in [-0.2, -0.15) is 0 Å². The van der Waals surface area contributed by atoms with Crippen LogP contribution in [0.2, 0.25) is 5.02 Å². The first-order valence-corrected chi connectivity index (χ1v) is 7.80. The molecule has 0 aliphatic carbocycles. The number of nitrogens with one attached hydrogen (secondary N) is 1. The van der Waals surface area contributed by atoms with E-state index < -0.39 is 0 Å². The van der Waals surface area contributed by atoms with Gasteiger partial charge in [0.25, 0.3) is 0 Å². The van der Waals surface area contributed by atoms with Crippen molar-refractivity contribution in [2.24, 2.45) is 0 Å². The number of aliphatic hydroxyl groups excluding tert-OH is 1. The molecule has 0 aromatic heterocycles. The number of halogens is 1. The van der Waals surface area contributed by atoms with E-state index >= 15 is 0 Å². The number of methoxy groups -OCH3 is 1. The lowest BCUT2D eigenvalue weighted by molar-refractivity contribution is -0.121. The fourth-order valence-corrected chi connectivity index (χ4v) is 2.86. The first-order valence-electron chi connectivity index (χ1n) is 6.44. The molecule has 20 heavy (non-hydrogen) atoms. The summed E-state index contributed by atoms with van der Waals surface area (Å²) in [4.78, 5) is 12.8. The molecular weight excluding hydrogens is 298 g/mol. The van der Waals surface area contributed by atoms with Crippen LogP contribution < -0.4 is 5.32 Å². The van der Waals surface area contributed by atoms with Gasteiger partial charge in [0.1, 0.15) is 0 Å². The molecule has 1 atom stereocenters. The van der Waals surface area contributed by atoms with Crippen LogP contribution in [0.5, 0.6) is 0 Å². The molecule has 1 rings (SSSR count). The van der Waals surface area contributed by atoms with Gasteiger partial charge in [0.2, 0.25) is 5.91 Å². The molecule has 0 aliphatic rings. The average Bonchev–Trinajstić information content (AvgIpc) is 2.41. The molecule has 0 saturated carbocycles. The summed E-state index contributed by atoms with van der Waals surface area (Å²) < 4.78 is 5.00. The molecule has 4 nitrogen and oxygen atoms in total. The van der Waals surface area contributed by atoms with Crippen LogP contribution in [0.4, 0.5) is 0 Å². The van der Waals surface area contributed by atoms with Gasteiger partial charge in [-0.1, -0.05) is 23.7 Å². The molecule has 0 saturated heterocycles. The Morgan fingerprint density at radius 1 is 1.50 bits per heavy atom. The number of carbonyl (C=O) groups is 1. The largest absolute Gasteiger partial charge is 0.396 e. The van der Waals surface area contributed by atoms with Crippen molar-refractivity contribution in [3.05, 3.63) is 29.3 Å². The van der Waals surface area contributed by atoms with Crippen LogP contribution in [0.25, 0.3) is 0 Å². The van der Waals surface area contributed by atoms with Gasteiger partial charge in [0.15, 0.2) is 0 Å². The molecule has 1 aromatic carbocycles. The monoisotopic (exact) mass is 317 g/mol. The van der Waals surface area contributed by atoms with E-state index in [2.05, 4.69) is 5.32 Å². The zero-order chi connectivity index (χ0) is 14.8. The molecule has 6 heteroatoms. The van der Waals surface area contributed by atoms with E-state index in [1.807, 2.05) is 24.3 Å². The van der Waals surface area contributed by atoms with Crippen LogP contribution in [-0.2, 0) is 9.53 Å². The molecule has 0 aliphatic heterocycles. The topological polar surface area (TPSA) is 58.6 Å². The van der Waals surface area contributed by atoms with E-state index in [0.717, 1.165) is 4.90 Å².